The Balaban J connectivity index is 1.07. The largest absolute Gasteiger partial charge is 0.497 e. The number of allylic oxidation sites excluding steroid dienone is 1. The molecule has 1 fully saturated rings. The third kappa shape index (κ3) is 6.91. The van der Waals surface area contributed by atoms with E-state index in [2.05, 4.69) is 34.7 Å². The molecular weight excluding hydrogens is 636 g/mol. The van der Waals surface area contributed by atoms with Crippen LogP contribution in [0.2, 0.25) is 5.02 Å². The van der Waals surface area contributed by atoms with Gasteiger partial charge in [0.25, 0.3) is 0 Å². The summed E-state index contributed by atoms with van der Waals surface area (Å²) in [7, 11) is 1.56. The summed E-state index contributed by atoms with van der Waals surface area (Å²) >= 11 is 7.88. The Bertz CT molecular complexity index is 1890. The zero-order chi connectivity index (χ0) is 33.2. The molecule has 1 saturated carbocycles. The Morgan fingerprint density at radius 3 is 2.45 bits per heavy atom. The van der Waals surface area contributed by atoms with E-state index in [1.54, 1.807) is 42.7 Å². The lowest BCUT2D eigenvalue weighted by molar-refractivity contribution is -0.123. The number of aryl methyl sites for hydroxylation is 2. The van der Waals surface area contributed by atoms with Gasteiger partial charge in [0.15, 0.2) is 11.6 Å². The molecular formula is C35H35ClN6O4S. The number of aliphatic imine (C=N–C) groups is 1. The molecule has 0 radical (unpaired) electrons. The van der Waals surface area contributed by atoms with Gasteiger partial charge < -0.3 is 15.4 Å². The number of thiophene rings is 1. The number of halogens is 1. The predicted octanol–water partition coefficient (Wildman–Crippen LogP) is 5.65. The van der Waals surface area contributed by atoms with Crippen LogP contribution >= 0.6 is 22.9 Å². The van der Waals surface area contributed by atoms with Gasteiger partial charge in [0.2, 0.25) is 11.8 Å². The van der Waals surface area contributed by atoms with Gasteiger partial charge in [-0.05, 0) is 87.6 Å². The van der Waals surface area contributed by atoms with E-state index in [1.807, 2.05) is 35.8 Å². The zero-order valence-corrected chi connectivity index (χ0v) is 28.1. The second kappa shape index (κ2) is 13.6. The minimum atomic E-state index is -0.538. The molecule has 3 heterocycles. The summed E-state index contributed by atoms with van der Waals surface area (Å²) in [6.07, 6.45) is 4.12. The first kappa shape index (κ1) is 32.3. The van der Waals surface area contributed by atoms with Gasteiger partial charge >= 0.3 is 0 Å². The summed E-state index contributed by atoms with van der Waals surface area (Å²) < 4.78 is 7.14. The summed E-state index contributed by atoms with van der Waals surface area (Å²) in [5.41, 5.74) is 4.35. The molecule has 1 aliphatic carbocycles. The van der Waals surface area contributed by atoms with Crippen molar-refractivity contribution >= 4 is 46.2 Å². The van der Waals surface area contributed by atoms with Crippen molar-refractivity contribution in [1.29, 1.82) is 0 Å². The summed E-state index contributed by atoms with van der Waals surface area (Å²) in [5, 5.41) is 16.5. The van der Waals surface area contributed by atoms with E-state index in [-0.39, 0.29) is 36.0 Å². The summed E-state index contributed by atoms with van der Waals surface area (Å²) in [6.45, 7) is 6.57. The van der Waals surface area contributed by atoms with Crippen molar-refractivity contribution in [2.45, 2.75) is 52.1 Å². The van der Waals surface area contributed by atoms with Crippen LogP contribution in [-0.4, -0.2) is 57.8 Å². The molecule has 47 heavy (non-hydrogen) atoms. The van der Waals surface area contributed by atoms with Gasteiger partial charge in [-0.2, -0.15) is 0 Å². The standard InChI is InChI=1S/C35H35ClN6O4S/c1-19-20(2)47-35-32(19)33(24-5-9-25(36)10-6-24)39-28(34-41-40-21(3)42(34)35)17-31(45)38-26-15-22(16-26)18-37-30(44)14-13-29(43)23-7-11-27(46-4)12-8-23/h5-14,22,26,28H,15-18H2,1-4H3,(H,37,44)(H,38,45)/b14-13+/t22?,26?,28-/m0/s1. The third-order valence-corrected chi connectivity index (χ3v) is 10.1. The van der Waals surface area contributed by atoms with E-state index in [0.717, 1.165) is 46.1 Å². The average molecular weight is 671 g/mol. The second-order valence-electron chi connectivity index (χ2n) is 11.9. The number of nitrogens with one attached hydrogen (secondary N) is 2. The zero-order valence-electron chi connectivity index (χ0n) is 26.5. The minimum Gasteiger partial charge on any atom is -0.497 e. The highest BCUT2D eigenvalue weighted by atomic mass is 35.5. The maximum atomic E-state index is 13.4. The van der Waals surface area contributed by atoms with Crippen molar-refractivity contribution in [2.75, 3.05) is 13.7 Å². The quantitative estimate of drug-likeness (QED) is 0.166. The highest BCUT2D eigenvalue weighted by Gasteiger charge is 2.34. The van der Waals surface area contributed by atoms with E-state index in [1.165, 1.54) is 17.0 Å². The van der Waals surface area contributed by atoms with E-state index >= 15 is 0 Å². The van der Waals surface area contributed by atoms with Crippen LogP contribution in [0.25, 0.3) is 5.00 Å². The average Bonchev–Trinajstić information content (AvgIpc) is 3.52. The normalized spacial score (nSPS) is 18.4. The van der Waals surface area contributed by atoms with E-state index in [4.69, 9.17) is 21.3 Å². The lowest BCUT2D eigenvalue weighted by Gasteiger charge is -2.36. The van der Waals surface area contributed by atoms with Gasteiger partial charge in [0.05, 0.1) is 19.2 Å². The van der Waals surface area contributed by atoms with Gasteiger partial charge in [-0.3, -0.25) is 23.9 Å². The van der Waals surface area contributed by atoms with Crippen molar-refractivity contribution < 1.29 is 19.1 Å². The second-order valence-corrected chi connectivity index (χ2v) is 13.5. The van der Waals surface area contributed by atoms with Gasteiger partial charge in [-0.25, -0.2) is 0 Å². The molecule has 1 aliphatic heterocycles. The first-order chi connectivity index (χ1) is 22.6. The van der Waals surface area contributed by atoms with Crippen molar-refractivity contribution in [3.8, 4) is 10.8 Å². The van der Waals surface area contributed by atoms with Crippen LogP contribution in [0.5, 0.6) is 5.75 Å². The number of rotatable bonds is 10. The molecule has 12 heteroatoms. The lowest BCUT2D eigenvalue weighted by Crippen LogP contribution is -2.47. The van der Waals surface area contributed by atoms with Crippen molar-refractivity contribution in [3.05, 3.63) is 104 Å². The van der Waals surface area contributed by atoms with Gasteiger partial charge in [-0.1, -0.05) is 23.7 Å². The SMILES string of the molecule is COc1ccc(C(=O)/C=C/C(=O)NCC2CC(NC(=O)C[C@@H]3N=C(c4ccc(Cl)cc4)c4c(sc(C)c4C)-n4c(C)nnc43)C2)cc1. The number of aromatic nitrogens is 3. The highest BCUT2D eigenvalue weighted by molar-refractivity contribution is 7.15. The number of hydrogen-bond donors (Lipinski definition) is 2. The van der Waals surface area contributed by atoms with Gasteiger partial charge in [-0.15, -0.1) is 21.5 Å². The maximum absolute atomic E-state index is 13.4. The Hall–Kier alpha value is -4.61. The van der Waals surface area contributed by atoms with Crippen LogP contribution < -0.4 is 15.4 Å². The molecule has 1 atom stereocenters. The topological polar surface area (TPSA) is 128 Å². The molecule has 6 rings (SSSR count). The molecule has 2 N–H and O–H groups in total. The fourth-order valence-electron chi connectivity index (χ4n) is 5.92. The summed E-state index contributed by atoms with van der Waals surface area (Å²) in [5.74, 6) is 1.55. The number of fused-ring (bicyclic) bond motifs is 3. The van der Waals surface area contributed by atoms with E-state index in [0.29, 0.717) is 28.7 Å². The number of nitrogens with zero attached hydrogens (tertiary/aromatic N) is 4. The van der Waals surface area contributed by atoms with Crippen LogP contribution in [0.3, 0.4) is 0 Å². The predicted molar refractivity (Wildman–Crippen MR) is 182 cm³/mol. The Morgan fingerprint density at radius 2 is 1.74 bits per heavy atom. The molecule has 0 unspecified atom stereocenters. The van der Waals surface area contributed by atoms with Crippen LogP contribution in [0.1, 0.15) is 68.9 Å². The number of ketones is 1. The van der Waals surface area contributed by atoms with Crippen LogP contribution in [0, 0.1) is 26.7 Å². The summed E-state index contributed by atoms with van der Waals surface area (Å²) in [4.78, 5) is 44.4. The van der Waals surface area contributed by atoms with Crippen LogP contribution in [-0.2, 0) is 9.59 Å². The molecule has 4 aromatic rings. The number of benzene rings is 2. The molecule has 242 valence electrons. The van der Waals surface area contributed by atoms with Crippen molar-refractivity contribution in [3.63, 3.8) is 0 Å². The molecule has 0 bridgehead atoms. The number of carbonyl (C=O) groups excluding carboxylic acids is 3. The maximum Gasteiger partial charge on any atom is 0.244 e. The first-order valence-corrected chi connectivity index (χ1v) is 16.6. The Morgan fingerprint density at radius 1 is 1.02 bits per heavy atom. The molecule has 0 spiro atoms. The molecule has 10 nitrogen and oxygen atoms in total. The fraction of sp³-hybridized carbons (Fsp3) is 0.314. The smallest absolute Gasteiger partial charge is 0.244 e. The summed E-state index contributed by atoms with van der Waals surface area (Å²) in [6, 6.07) is 13.8. The number of amides is 2. The highest BCUT2D eigenvalue weighted by Crippen LogP contribution is 2.39. The number of methoxy groups -OCH3 is 1. The van der Waals surface area contributed by atoms with E-state index < -0.39 is 6.04 Å². The molecule has 2 amide bonds. The minimum absolute atomic E-state index is 0.00760. The number of carbonyl (C=O) groups is 3. The number of ether oxygens (including phenoxy) is 1. The van der Waals surface area contributed by atoms with E-state index in [9.17, 15) is 14.4 Å². The fourth-order valence-corrected chi connectivity index (χ4v) is 7.26. The first-order valence-electron chi connectivity index (χ1n) is 15.4. The van der Waals surface area contributed by atoms with Gasteiger partial charge in [0, 0.05) is 45.3 Å². The Kier molecular flexibility index (Phi) is 9.38. The number of hydrogen-bond acceptors (Lipinski definition) is 8. The molecule has 2 aromatic heterocycles. The lowest BCUT2D eigenvalue weighted by atomic mass is 9.80. The molecule has 2 aromatic carbocycles. The van der Waals surface area contributed by atoms with Crippen LogP contribution in [0.4, 0.5) is 0 Å². The van der Waals surface area contributed by atoms with Crippen LogP contribution in [0.15, 0.2) is 65.7 Å². The Labute approximate surface area is 281 Å². The van der Waals surface area contributed by atoms with Gasteiger partial charge in [0.1, 0.15) is 22.6 Å². The molecule has 0 saturated heterocycles. The molecule has 2 aliphatic rings. The monoisotopic (exact) mass is 670 g/mol. The van der Waals surface area contributed by atoms with Crippen molar-refractivity contribution in [2.24, 2.45) is 10.9 Å². The van der Waals surface area contributed by atoms with Crippen molar-refractivity contribution in [1.82, 2.24) is 25.4 Å². The third-order valence-electron chi connectivity index (χ3n) is 8.66.